The number of hydrogen-bond acceptors (Lipinski definition) is 8. The summed E-state index contributed by atoms with van der Waals surface area (Å²) in [5.74, 6) is -0.0895. The third-order valence-corrected chi connectivity index (χ3v) is 10.2. The van der Waals surface area contributed by atoms with Crippen molar-refractivity contribution in [3.63, 3.8) is 0 Å². The van der Waals surface area contributed by atoms with Gasteiger partial charge in [0.05, 0.1) is 32.5 Å². The molecule has 0 aliphatic rings. The molecule has 0 unspecified atom stereocenters. The fourth-order valence-electron chi connectivity index (χ4n) is 4.44. The van der Waals surface area contributed by atoms with Crippen molar-refractivity contribution < 1.29 is 37.8 Å². The predicted octanol–water partition coefficient (Wildman–Crippen LogP) is 7.69. The molecule has 2 atom stereocenters. The highest BCUT2D eigenvalue weighted by atomic mass is 32.2. The number of carbonyl (C=O) groups excluding carboxylic acids is 1. The number of ether oxygens (including phenoxy) is 2. The van der Waals surface area contributed by atoms with E-state index in [9.17, 15) is 19.3 Å². The molecule has 4 rings (SSSR count). The van der Waals surface area contributed by atoms with Crippen molar-refractivity contribution in [2.75, 3.05) is 13.3 Å². The molecule has 0 radical (unpaired) electrons. The molecule has 4 aromatic rings. The van der Waals surface area contributed by atoms with Crippen LogP contribution in [0.25, 0.3) is 0 Å². The average molecular weight is 664 g/mol. The largest absolute Gasteiger partial charge is 0.497 e. The number of thioether (sulfide) groups is 1. The molecule has 0 heterocycles. The Morgan fingerprint density at radius 1 is 0.739 bits per heavy atom. The maximum Gasteiger partial charge on any atom is 0.407 e. The van der Waals surface area contributed by atoms with Gasteiger partial charge in [0, 0.05) is 5.75 Å². The third kappa shape index (κ3) is 11.7. The summed E-state index contributed by atoms with van der Waals surface area (Å²) >= 11 is 1.15. The van der Waals surface area contributed by atoms with Gasteiger partial charge in [-0.15, -0.1) is 11.8 Å². The van der Waals surface area contributed by atoms with E-state index in [-0.39, 0.29) is 32.4 Å². The second-order valence-electron chi connectivity index (χ2n) is 10.4. The molecule has 242 valence electrons. The Balaban J connectivity index is 1.51. The Bertz CT molecular complexity index is 1490. The number of alkyl carbamates (subject to hydrolysis) is 1. The van der Waals surface area contributed by atoms with E-state index in [2.05, 4.69) is 5.32 Å². The van der Waals surface area contributed by atoms with Crippen LogP contribution in [0, 0.1) is 0 Å². The van der Waals surface area contributed by atoms with Crippen LogP contribution >= 0.6 is 19.4 Å². The first-order valence-electron chi connectivity index (χ1n) is 14.7. The smallest absolute Gasteiger partial charge is 0.407 e. The second kappa shape index (κ2) is 18.2. The lowest BCUT2D eigenvalue weighted by molar-refractivity contribution is -0.136. The molecule has 0 aliphatic carbocycles. The molecule has 0 saturated carbocycles. The first kappa shape index (κ1) is 34.8. The van der Waals surface area contributed by atoms with E-state index < -0.39 is 31.0 Å². The summed E-state index contributed by atoms with van der Waals surface area (Å²) in [6.45, 7) is 0.0897. The molecular formula is C35H38NO8PS. The number of nitrogens with one attached hydrogen (secondary N) is 1. The third-order valence-electron chi connectivity index (χ3n) is 6.97. The number of methoxy groups -OCH3 is 1. The summed E-state index contributed by atoms with van der Waals surface area (Å²) in [5.41, 5.74) is 3.28. The maximum absolute atomic E-state index is 14.1. The zero-order chi connectivity index (χ0) is 32.6. The van der Waals surface area contributed by atoms with Gasteiger partial charge in [-0.25, -0.2) is 4.79 Å². The quantitative estimate of drug-likeness (QED) is 0.103. The van der Waals surface area contributed by atoms with Crippen LogP contribution in [0.4, 0.5) is 4.79 Å². The molecule has 0 spiro atoms. The Morgan fingerprint density at radius 2 is 1.24 bits per heavy atom. The molecule has 4 aromatic carbocycles. The SMILES string of the molecule is COc1ccc(CS[C@@H](C(=O)O)[C@@H](CCP(=O)(OCc2ccccc2)OCc2ccccc2)NC(=O)OCc2ccccc2)cc1. The van der Waals surface area contributed by atoms with Gasteiger partial charge in [-0.3, -0.25) is 9.36 Å². The monoisotopic (exact) mass is 663 g/mol. The van der Waals surface area contributed by atoms with E-state index in [1.807, 2.05) is 103 Å². The molecule has 1 amide bonds. The van der Waals surface area contributed by atoms with Crippen molar-refractivity contribution in [2.24, 2.45) is 0 Å². The summed E-state index contributed by atoms with van der Waals surface area (Å²) in [6, 6.07) is 34.1. The van der Waals surface area contributed by atoms with Crippen molar-refractivity contribution in [3.05, 3.63) is 138 Å². The van der Waals surface area contributed by atoms with Gasteiger partial charge in [0.1, 0.15) is 17.6 Å². The molecule has 0 aliphatic heterocycles. The Morgan fingerprint density at radius 3 is 1.72 bits per heavy atom. The fraction of sp³-hybridized carbons (Fsp3) is 0.257. The second-order valence-corrected chi connectivity index (χ2v) is 13.7. The van der Waals surface area contributed by atoms with Crippen molar-refractivity contribution >= 4 is 31.4 Å². The highest BCUT2D eigenvalue weighted by molar-refractivity contribution is 7.99. The number of amides is 1. The number of carboxylic acids is 1. The van der Waals surface area contributed by atoms with Crippen molar-refractivity contribution in [1.29, 1.82) is 0 Å². The molecule has 0 bridgehead atoms. The minimum atomic E-state index is -3.77. The molecule has 11 heteroatoms. The molecule has 46 heavy (non-hydrogen) atoms. The minimum Gasteiger partial charge on any atom is -0.497 e. The Labute approximate surface area is 273 Å². The van der Waals surface area contributed by atoms with Crippen LogP contribution < -0.4 is 10.1 Å². The van der Waals surface area contributed by atoms with Crippen LogP contribution in [0.5, 0.6) is 5.75 Å². The highest BCUT2D eigenvalue weighted by Gasteiger charge is 2.34. The van der Waals surface area contributed by atoms with E-state index in [1.165, 1.54) is 0 Å². The summed E-state index contributed by atoms with van der Waals surface area (Å²) in [7, 11) is -2.20. The van der Waals surface area contributed by atoms with Crippen LogP contribution in [0.1, 0.15) is 28.7 Å². The van der Waals surface area contributed by atoms with Crippen molar-refractivity contribution in [2.45, 2.75) is 43.3 Å². The van der Waals surface area contributed by atoms with Crippen LogP contribution in [0.3, 0.4) is 0 Å². The summed E-state index contributed by atoms with van der Waals surface area (Å²) in [4.78, 5) is 25.6. The molecule has 0 saturated heterocycles. The molecule has 0 aromatic heterocycles. The maximum atomic E-state index is 14.1. The van der Waals surface area contributed by atoms with Gasteiger partial charge >= 0.3 is 19.7 Å². The zero-order valence-corrected chi connectivity index (χ0v) is 27.2. The molecule has 9 nitrogen and oxygen atoms in total. The lowest BCUT2D eigenvalue weighted by Crippen LogP contribution is -2.46. The molecule has 2 N–H and O–H groups in total. The van der Waals surface area contributed by atoms with Crippen LogP contribution in [-0.2, 0) is 48.7 Å². The lowest BCUT2D eigenvalue weighted by atomic mass is 10.1. The number of carbonyl (C=O) groups is 2. The highest BCUT2D eigenvalue weighted by Crippen LogP contribution is 2.51. The van der Waals surface area contributed by atoms with Crippen molar-refractivity contribution in [1.82, 2.24) is 5.32 Å². The van der Waals surface area contributed by atoms with Gasteiger partial charge in [0.15, 0.2) is 0 Å². The lowest BCUT2D eigenvalue weighted by Gasteiger charge is -2.27. The Hall–Kier alpha value is -4.08. The summed E-state index contributed by atoms with van der Waals surface area (Å²) in [6.07, 6.45) is -0.924. The van der Waals surface area contributed by atoms with Gasteiger partial charge in [-0.2, -0.15) is 0 Å². The van der Waals surface area contributed by atoms with Gasteiger partial charge in [0.25, 0.3) is 0 Å². The van der Waals surface area contributed by atoms with E-state index in [0.717, 1.165) is 34.0 Å². The number of hydrogen-bond donors (Lipinski definition) is 2. The molecular weight excluding hydrogens is 625 g/mol. The van der Waals surface area contributed by atoms with Gasteiger partial charge in [-0.05, 0) is 40.8 Å². The fourth-order valence-corrected chi connectivity index (χ4v) is 7.20. The van der Waals surface area contributed by atoms with Crippen LogP contribution in [0.15, 0.2) is 115 Å². The van der Waals surface area contributed by atoms with E-state index >= 15 is 0 Å². The number of carboxylic acid groups (broad SMARTS) is 1. The minimum absolute atomic E-state index is 0.00608. The van der Waals surface area contributed by atoms with Gasteiger partial charge < -0.3 is 28.9 Å². The first-order chi connectivity index (χ1) is 22.3. The van der Waals surface area contributed by atoms with Crippen molar-refractivity contribution in [3.8, 4) is 5.75 Å². The Kier molecular flexibility index (Phi) is 13.7. The normalized spacial score (nSPS) is 12.5. The van der Waals surface area contributed by atoms with E-state index in [4.69, 9.17) is 18.5 Å². The summed E-state index contributed by atoms with van der Waals surface area (Å²) in [5, 5.41) is 11.9. The standard InChI is InChI=1S/C35H38NO8PS/c1-41-31-19-17-30(18-20-31)26-46-33(34(37)38)32(36-35(39)42-23-27-11-5-2-6-12-27)21-22-45(40,43-24-28-13-7-3-8-14-28)44-25-29-15-9-4-10-16-29/h2-20,32-33H,21-26H2,1H3,(H,36,39)(H,37,38)/t32-,33-/m1/s1. The first-order valence-corrected chi connectivity index (χ1v) is 17.5. The average Bonchev–Trinajstić information content (AvgIpc) is 3.09. The topological polar surface area (TPSA) is 120 Å². The zero-order valence-electron chi connectivity index (χ0n) is 25.5. The number of benzene rings is 4. The molecule has 0 fully saturated rings. The summed E-state index contributed by atoms with van der Waals surface area (Å²) < 4.78 is 36.6. The van der Waals surface area contributed by atoms with Gasteiger partial charge in [0.2, 0.25) is 0 Å². The van der Waals surface area contributed by atoms with Gasteiger partial charge in [-0.1, -0.05) is 103 Å². The van der Waals surface area contributed by atoms with E-state index in [0.29, 0.717) is 11.5 Å². The number of rotatable bonds is 18. The van der Waals surface area contributed by atoms with Crippen LogP contribution in [-0.4, -0.2) is 41.7 Å². The van der Waals surface area contributed by atoms with Crippen LogP contribution in [0.2, 0.25) is 0 Å². The van der Waals surface area contributed by atoms with E-state index in [1.54, 1.807) is 19.2 Å². The predicted molar refractivity (Wildman–Crippen MR) is 179 cm³/mol. The number of aliphatic carboxylic acids is 1.